The van der Waals surface area contributed by atoms with E-state index in [4.69, 9.17) is 0 Å². The summed E-state index contributed by atoms with van der Waals surface area (Å²) in [5.41, 5.74) is 2.36. The van der Waals surface area contributed by atoms with E-state index in [0.29, 0.717) is 5.92 Å². The number of nitrogens with one attached hydrogen (secondary N) is 1. The molecule has 4 heteroatoms. The van der Waals surface area contributed by atoms with E-state index < -0.39 is 0 Å². The summed E-state index contributed by atoms with van der Waals surface area (Å²) < 4.78 is 1.44. The molecule has 1 aromatic heterocycles. The first-order valence-electron chi connectivity index (χ1n) is 4.46. The number of benzene rings is 1. The second-order valence-electron chi connectivity index (χ2n) is 3.52. The van der Waals surface area contributed by atoms with Crippen molar-refractivity contribution in [2.24, 2.45) is 0 Å². The molecule has 0 aliphatic heterocycles. The topological polar surface area (TPSA) is 28.7 Å². The monoisotopic (exact) mass is 413 g/mol. The molecule has 76 valence electrons. The first kappa shape index (κ1) is 10.7. The molecule has 0 atom stereocenters. The number of halogens is 2. The van der Waals surface area contributed by atoms with Gasteiger partial charge in [-0.2, -0.15) is 0 Å². The van der Waals surface area contributed by atoms with Gasteiger partial charge in [-0.1, -0.05) is 0 Å². The van der Waals surface area contributed by atoms with Gasteiger partial charge in [0.15, 0.2) is 0 Å². The molecule has 0 radical (unpaired) electrons. The van der Waals surface area contributed by atoms with Crippen LogP contribution in [0.15, 0.2) is 18.2 Å². The number of aromatic amines is 1. The number of rotatable bonds is 2. The predicted molar refractivity (Wildman–Crippen MR) is 62.9 cm³/mol. The number of aromatic nitrogens is 2. The first-order valence-corrected chi connectivity index (χ1v) is 11.8. The van der Waals surface area contributed by atoms with Crippen LogP contribution in [0.2, 0.25) is 0 Å². The van der Waals surface area contributed by atoms with Gasteiger partial charge in [-0.05, 0) is 0 Å². The van der Waals surface area contributed by atoms with Crippen molar-refractivity contribution in [1.29, 1.82) is 0 Å². The Hall–Kier alpha value is 0.150. The number of hydrogen-bond acceptors (Lipinski definition) is 1. The minimum atomic E-state index is 0.144. The van der Waals surface area contributed by atoms with Crippen molar-refractivity contribution in [1.82, 2.24) is 10.2 Å². The summed E-state index contributed by atoms with van der Waals surface area (Å²) in [5, 5.41) is 8.74. The molecule has 0 saturated carbocycles. The Morgan fingerprint density at radius 2 is 2.21 bits per heavy atom. The van der Waals surface area contributed by atoms with Crippen LogP contribution in [-0.2, 0) is 0 Å². The summed E-state index contributed by atoms with van der Waals surface area (Å²) in [6.45, 7) is 4.37. The van der Waals surface area contributed by atoms with E-state index in [1.807, 2.05) is 0 Å². The Morgan fingerprint density at radius 3 is 2.86 bits per heavy atom. The normalized spacial score (nSPS) is 11.7. The quantitative estimate of drug-likeness (QED) is 0.706. The number of nitrogens with zero attached hydrogens (tertiary/aromatic N) is 1. The third-order valence-corrected chi connectivity index (χ3v) is 6.51. The molecule has 1 aromatic carbocycles. The molecule has 0 saturated heterocycles. The van der Waals surface area contributed by atoms with Gasteiger partial charge < -0.3 is 0 Å². The first-order chi connectivity index (χ1) is 6.72. The van der Waals surface area contributed by atoms with Crippen molar-refractivity contribution in [3.8, 4) is 0 Å². The number of fused-ring (bicyclic) bond motifs is 1. The molecule has 2 rings (SSSR count). The Morgan fingerprint density at radius 1 is 1.43 bits per heavy atom. The zero-order valence-corrected chi connectivity index (χ0v) is 12.3. The van der Waals surface area contributed by atoms with Crippen LogP contribution in [0.3, 0.4) is 0 Å². The Bertz CT molecular complexity index is 448. The summed E-state index contributed by atoms with van der Waals surface area (Å²) in [6.07, 6.45) is 0. The standard InChI is InChI=1S/C10H11I2N2/c1-6(2)10-8-4-3-7(12-11)5-9(8)13-14-10/h3-6H,1-2H3,(H,13,14)/q-1. The van der Waals surface area contributed by atoms with Gasteiger partial charge in [-0.3, -0.25) is 0 Å². The fourth-order valence-electron chi connectivity index (χ4n) is 1.49. The van der Waals surface area contributed by atoms with E-state index in [-0.39, 0.29) is 17.2 Å². The van der Waals surface area contributed by atoms with Crippen LogP contribution in [-0.4, -0.2) is 10.2 Å². The van der Waals surface area contributed by atoms with E-state index in [1.54, 1.807) is 0 Å². The average molecular weight is 413 g/mol. The van der Waals surface area contributed by atoms with Crippen LogP contribution in [0, 0.1) is 3.57 Å². The van der Waals surface area contributed by atoms with Crippen molar-refractivity contribution in [2.45, 2.75) is 19.8 Å². The summed E-state index contributed by atoms with van der Waals surface area (Å²) >= 11 is 2.62. The second-order valence-corrected chi connectivity index (χ2v) is 7.91. The third kappa shape index (κ3) is 1.91. The van der Waals surface area contributed by atoms with Gasteiger partial charge in [0.1, 0.15) is 0 Å². The molecule has 0 spiro atoms. The van der Waals surface area contributed by atoms with E-state index in [1.165, 1.54) is 14.7 Å². The predicted octanol–water partition coefficient (Wildman–Crippen LogP) is 0.295. The molecule has 14 heavy (non-hydrogen) atoms. The molecule has 0 unspecified atom stereocenters. The molecule has 0 aliphatic rings. The fraction of sp³-hybridized carbons (Fsp3) is 0.300. The van der Waals surface area contributed by atoms with Gasteiger partial charge in [0.05, 0.1) is 0 Å². The molecule has 1 N–H and O–H groups in total. The van der Waals surface area contributed by atoms with Crippen molar-refractivity contribution >= 4 is 29.5 Å². The van der Waals surface area contributed by atoms with Crippen LogP contribution < -0.4 is 17.2 Å². The van der Waals surface area contributed by atoms with Gasteiger partial charge >= 0.3 is 104 Å². The maximum atomic E-state index is 4.34. The number of H-pyrrole nitrogens is 1. The molecule has 0 aliphatic carbocycles. The van der Waals surface area contributed by atoms with E-state index in [9.17, 15) is 0 Å². The summed E-state index contributed by atoms with van der Waals surface area (Å²) in [7, 11) is 0. The maximum absolute atomic E-state index is 4.34. The van der Waals surface area contributed by atoms with E-state index in [0.717, 1.165) is 5.52 Å². The number of hydrogen-bond donors (Lipinski definition) is 1. The van der Waals surface area contributed by atoms with Gasteiger partial charge in [0.25, 0.3) is 0 Å². The van der Waals surface area contributed by atoms with Gasteiger partial charge in [-0.15, -0.1) is 0 Å². The third-order valence-electron chi connectivity index (χ3n) is 2.21. The van der Waals surface area contributed by atoms with Gasteiger partial charge in [0, 0.05) is 0 Å². The van der Waals surface area contributed by atoms with Crippen LogP contribution in [0.5, 0.6) is 0 Å². The molecular formula is C10H11I2N2-. The summed E-state index contributed by atoms with van der Waals surface area (Å²) in [4.78, 5) is 0. The summed E-state index contributed by atoms with van der Waals surface area (Å²) in [6, 6.07) is 6.63. The SMILES string of the molecule is CC(C)c1[nH]nc2cc([I-]I)ccc12. The van der Waals surface area contributed by atoms with Crippen molar-refractivity contribution in [3.63, 3.8) is 0 Å². The van der Waals surface area contributed by atoms with Crippen molar-refractivity contribution < 1.29 is 17.2 Å². The van der Waals surface area contributed by atoms with E-state index >= 15 is 0 Å². The second kappa shape index (κ2) is 4.34. The zero-order valence-electron chi connectivity index (χ0n) is 8.01. The van der Waals surface area contributed by atoms with Crippen molar-refractivity contribution in [2.75, 3.05) is 0 Å². The fourth-order valence-corrected chi connectivity index (χ4v) is 3.92. The molecule has 0 fully saturated rings. The molecule has 0 bridgehead atoms. The molecule has 2 aromatic rings. The summed E-state index contributed by atoms with van der Waals surface area (Å²) in [5.74, 6) is 0.514. The van der Waals surface area contributed by atoms with Gasteiger partial charge in [-0.25, -0.2) is 0 Å². The van der Waals surface area contributed by atoms with Gasteiger partial charge in [0.2, 0.25) is 0 Å². The minimum absolute atomic E-state index is 0.144. The van der Waals surface area contributed by atoms with Crippen LogP contribution in [0.25, 0.3) is 10.9 Å². The van der Waals surface area contributed by atoms with E-state index in [2.05, 4.69) is 60.9 Å². The van der Waals surface area contributed by atoms with Crippen molar-refractivity contribution in [3.05, 3.63) is 27.5 Å². The molecule has 0 amide bonds. The Labute approximate surface area is 103 Å². The Kier molecular flexibility index (Phi) is 3.30. The zero-order chi connectivity index (χ0) is 10.1. The molecule has 2 nitrogen and oxygen atoms in total. The Balaban J connectivity index is 2.59. The average Bonchev–Trinajstić information content (AvgIpc) is 2.59. The van der Waals surface area contributed by atoms with Crippen LogP contribution in [0.4, 0.5) is 0 Å². The van der Waals surface area contributed by atoms with Crippen LogP contribution >= 0.6 is 18.6 Å². The molecule has 1 heterocycles. The molecular weight excluding hydrogens is 402 g/mol. The van der Waals surface area contributed by atoms with Crippen LogP contribution in [0.1, 0.15) is 25.5 Å².